The molecule has 0 aliphatic carbocycles. The molecular formula is C35H41N3O3. The van der Waals surface area contributed by atoms with Gasteiger partial charge in [0.15, 0.2) is 0 Å². The van der Waals surface area contributed by atoms with Crippen LogP contribution in [-0.2, 0) is 4.79 Å². The minimum Gasteiger partial charge on any atom is -0.481 e. The van der Waals surface area contributed by atoms with Crippen LogP contribution in [0, 0.1) is 0 Å². The number of carboxylic acid groups (broad SMARTS) is 1. The summed E-state index contributed by atoms with van der Waals surface area (Å²) in [5, 5.41) is 23.4. The molecular weight excluding hydrogens is 510 g/mol. The van der Waals surface area contributed by atoms with Gasteiger partial charge in [-0.05, 0) is 79.0 Å². The molecule has 2 aromatic carbocycles. The molecule has 0 radical (unpaired) electrons. The van der Waals surface area contributed by atoms with Gasteiger partial charge in [-0.25, -0.2) is 4.98 Å². The number of aromatic amines is 1. The van der Waals surface area contributed by atoms with E-state index in [1.165, 1.54) is 16.7 Å². The predicted molar refractivity (Wildman–Crippen MR) is 167 cm³/mol. The molecule has 4 rings (SSSR count). The molecule has 0 aliphatic rings. The van der Waals surface area contributed by atoms with Crippen LogP contribution in [0.15, 0.2) is 96.7 Å². The molecule has 4 N–H and O–H groups in total. The number of aliphatic carboxylic acids is 1. The Kier molecular flexibility index (Phi) is 10.7. The highest BCUT2D eigenvalue weighted by molar-refractivity contribution is 5.85. The molecule has 0 fully saturated rings. The largest absolute Gasteiger partial charge is 0.481 e. The standard InChI is InChI=1S/C35H41N3O3/c1-4-9-24(3)10-6-11-28(27(5-2)25-15-17-26(18-16-25)35(41)37-23-21-34(39)40)29-12-7-13-31-30(29)19-20-33(38-31)32-14-8-22-36-32/h6-10,12-20,22,27-28,35-37,41H,4-5,11,21,23H2,1-3H3,(H,39,40). The second-order valence-electron chi connectivity index (χ2n) is 10.5. The molecule has 41 heavy (non-hydrogen) atoms. The van der Waals surface area contributed by atoms with Crippen LogP contribution in [0.5, 0.6) is 0 Å². The van der Waals surface area contributed by atoms with E-state index < -0.39 is 12.2 Å². The van der Waals surface area contributed by atoms with Gasteiger partial charge < -0.3 is 15.2 Å². The van der Waals surface area contributed by atoms with E-state index in [0.29, 0.717) is 0 Å². The van der Waals surface area contributed by atoms with Crippen molar-refractivity contribution >= 4 is 16.9 Å². The fraction of sp³-hybridized carbons (Fsp3) is 0.314. The molecule has 0 amide bonds. The number of carboxylic acids is 1. The van der Waals surface area contributed by atoms with Crippen LogP contribution in [0.4, 0.5) is 0 Å². The van der Waals surface area contributed by atoms with E-state index in [1.54, 1.807) is 0 Å². The summed E-state index contributed by atoms with van der Waals surface area (Å²) in [6, 6.07) is 22.8. The lowest BCUT2D eigenvalue weighted by Gasteiger charge is -2.28. The molecule has 0 bridgehead atoms. The van der Waals surface area contributed by atoms with E-state index in [2.05, 4.69) is 91.8 Å². The van der Waals surface area contributed by atoms with Crippen molar-refractivity contribution in [3.8, 4) is 11.4 Å². The zero-order chi connectivity index (χ0) is 29.2. The lowest BCUT2D eigenvalue weighted by atomic mass is 9.76. The Balaban J connectivity index is 1.68. The Bertz CT molecular complexity index is 1470. The maximum atomic E-state index is 10.8. The van der Waals surface area contributed by atoms with Crippen molar-refractivity contribution in [2.24, 2.45) is 0 Å². The lowest BCUT2D eigenvalue weighted by Crippen LogP contribution is -2.23. The van der Waals surface area contributed by atoms with Crippen molar-refractivity contribution in [3.63, 3.8) is 0 Å². The smallest absolute Gasteiger partial charge is 0.304 e. The molecule has 6 nitrogen and oxygen atoms in total. The Labute approximate surface area is 242 Å². The normalized spacial score (nSPS) is 14.4. The van der Waals surface area contributed by atoms with Crippen molar-refractivity contribution in [2.75, 3.05) is 6.54 Å². The Hall–Kier alpha value is -4.00. The zero-order valence-corrected chi connectivity index (χ0v) is 24.2. The maximum absolute atomic E-state index is 10.8. The zero-order valence-electron chi connectivity index (χ0n) is 24.2. The average molecular weight is 552 g/mol. The minimum atomic E-state index is -0.909. The average Bonchev–Trinajstić information content (AvgIpc) is 3.52. The molecule has 2 aromatic heterocycles. The molecule has 0 aliphatic heterocycles. The van der Waals surface area contributed by atoms with Crippen molar-refractivity contribution in [1.82, 2.24) is 15.3 Å². The number of benzene rings is 2. The SMILES string of the molecule is CCC=C(C)C=CCC(c1cccc2nc(-c3ccc[nH]3)ccc12)C(CC)c1ccc(C(O)NCCC(=O)O)cc1. The van der Waals surface area contributed by atoms with Crippen LogP contribution in [0.25, 0.3) is 22.3 Å². The summed E-state index contributed by atoms with van der Waals surface area (Å²) in [5.74, 6) is -0.428. The molecule has 0 saturated heterocycles. The van der Waals surface area contributed by atoms with Gasteiger partial charge in [0.2, 0.25) is 0 Å². The highest BCUT2D eigenvalue weighted by Gasteiger charge is 2.25. The van der Waals surface area contributed by atoms with Gasteiger partial charge >= 0.3 is 5.97 Å². The summed E-state index contributed by atoms with van der Waals surface area (Å²) in [4.78, 5) is 19.1. The number of H-pyrrole nitrogens is 1. The predicted octanol–water partition coefficient (Wildman–Crippen LogP) is 7.87. The van der Waals surface area contributed by atoms with Gasteiger partial charge in [-0.3, -0.25) is 10.1 Å². The summed E-state index contributed by atoms with van der Waals surface area (Å²) in [7, 11) is 0. The molecule has 2 heterocycles. The third kappa shape index (κ3) is 7.81. The number of nitrogens with zero attached hydrogens (tertiary/aromatic N) is 1. The van der Waals surface area contributed by atoms with E-state index in [9.17, 15) is 9.90 Å². The van der Waals surface area contributed by atoms with Gasteiger partial charge in [-0.2, -0.15) is 0 Å². The first-order valence-electron chi connectivity index (χ1n) is 14.5. The fourth-order valence-electron chi connectivity index (χ4n) is 5.55. The van der Waals surface area contributed by atoms with Crippen LogP contribution < -0.4 is 5.32 Å². The van der Waals surface area contributed by atoms with Gasteiger partial charge in [0.1, 0.15) is 6.23 Å². The minimum absolute atomic E-state index is 0.0401. The molecule has 0 spiro atoms. The number of hydrogen-bond acceptors (Lipinski definition) is 4. The topological polar surface area (TPSA) is 98.2 Å². The van der Waals surface area contributed by atoms with Gasteiger partial charge in [0, 0.05) is 18.1 Å². The summed E-state index contributed by atoms with van der Waals surface area (Å²) in [5.41, 5.74) is 7.38. The quantitative estimate of drug-likeness (QED) is 0.0944. The lowest BCUT2D eigenvalue weighted by molar-refractivity contribution is -0.137. The number of nitrogens with one attached hydrogen (secondary N) is 2. The monoisotopic (exact) mass is 551 g/mol. The molecule has 3 unspecified atom stereocenters. The number of aromatic nitrogens is 2. The highest BCUT2D eigenvalue weighted by atomic mass is 16.4. The summed E-state index contributed by atoms with van der Waals surface area (Å²) in [6.07, 6.45) is 10.6. The third-order valence-electron chi connectivity index (χ3n) is 7.62. The van der Waals surface area contributed by atoms with Gasteiger partial charge in [0.25, 0.3) is 0 Å². The number of rotatable bonds is 14. The highest BCUT2D eigenvalue weighted by Crippen LogP contribution is 2.41. The van der Waals surface area contributed by atoms with Crippen LogP contribution in [0.1, 0.15) is 81.2 Å². The molecule has 214 valence electrons. The Morgan fingerprint density at radius 3 is 2.46 bits per heavy atom. The van der Waals surface area contributed by atoms with Crippen molar-refractivity contribution in [2.45, 2.75) is 64.5 Å². The van der Waals surface area contributed by atoms with E-state index in [1.807, 2.05) is 30.5 Å². The first kappa shape index (κ1) is 30.0. The summed E-state index contributed by atoms with van der Waals surface area (Å²) >= 11 is 0. The second-order valence-corrected chi connectivity index (χ2v) is 10.5. The number of aliphatic hydroxyl groups excluding tert-OH is 1. The Morgan fingerprint density at radius 2 is 1.78 bits per heavy atom. The van der Waals surface area contributed by atoms with Gasteiger partial charge in [-0.1, -0.05) is 80.1 Å². The van der Waals surface area contributed by atoms with Crippen molar-refractivity contribution < 1.29 is 15.0 Å². The number of allylic oxidation sites excluding steroid dienone is 4. The summed E-state index contributed by atoms with van der Waals surface area (Å²) in [6.45, 7) is 6.73. The number of hydrogen-bond donors (Lipinski definition) is 4. The molecule has 6 heteroatoms. The van der Waals surface area contributed by atoms with E-state index >= 15 is 0 Å². The Morgan fingerprint density at radius 1 is 1.00 bits per heavy atom. The molecule has 0 saturated carbocycles. The van der Waals surface area contributed by atoms with Gasteiger partial charge in [-0.15, -0.1) is 0 Å². The van der Waals surface area contributed by atoms with E-state index in [4.69, 9.17) is 10.1 Å². The van der Waals surface area contributed by atoms with E-state index in [-0.39, 0.29) is 24.8 Å². The molecule has 3 atom stereocenters. The third-order valence-corrected chi connectivity index (χ3v) is 7.62. The van der Waals surface area contributed by atoms with Crippen molar-refractivity contribution in [3.05, 3.63) is 113 Å². The van der Waals surface area contributed by atoms with E-state index in [0.717, 1.165) is 47.1 Å². The van der Waals surface area contributed by atoms with Crippen LogP contribution in [-0.4, -0.2) is 32.7 Å². The van der Waals surface area contributed by atoms with Gasteiger partial charge in [0.05, 0.1) is 23.3 Å². The number of fused-ring (bicyclic) bond motifs is 1. The first-order valence-corrected chi connectivity index (χ1v) is 14.5. The second kappa shape index (κ2) is 14.6. The molecule has 4 aromatic rings. The summed E-state index contributed by atoms with van der Waals surface area (Å²) < 4.78 is 0. The number of aliphatic hydroxyl groups is 1. The first-order chi connectivity index (χ1) is 19.9. The number of pyridine rings is 1. The number of carbonyl (C=O) groups is 1. The van der Waals surface area contributed by atoms with Crippen LogP contribution in [0.3, 0.4) is 0 Å². The van der Waals surface area contributed by atoms with Crippen LogP contribution in [0.2, 0.25) is 0 Å². The maximum Gasteiger partial charge on any atom is 0.304 e. The fourth-order valence-corrected chi connectivity index (χ4v) is 5.55. The van der Waals surface area contributed by atoms with Crippen molar-refractivity contribution in [1.29, 1.82) is 0 Å². The van der Waals surface area contributed by atoms with Crippen LogP contribution >= 0.6 is 0 Å².